The molecular formula is C13H14N2O. The zero-order chi connectivity index (χ0) is 11.0. The molecular weight excluding hydrogens is 200 g/mol. The molecule has 2 unspecified atom stereocenters. The van der Waals surface area contributed by atoms with Crippen molar-refractivity contribution in [2.24, 2.45) is 5.92 Å². The van der Waals surface area contributed by atoms with Crippen LogP contribution >= 0.6 is 0 Å². The molecule has 16 heavy (non-hydrogen) atoms. The van der Waals surface area contributed by atoms with Crippen LogP contribution in [0.5, 0.6) is 5.75 Å². The summed E-state index contributed by atoms with van der Waals surface area (Å²) in [4.78, 5) is 4.18. The minimum Gasteiger partial charge on any atom is -0.464 e. The van der Waals surface area contributed by atoms with Gasteiger partial charge in [0, 0.05) is 18.8 Å². The molecule has 1 N–H and O–H groups in total. The van der Waals surface area contributed by atoms with Crippen molar-refractivity contribution in [1.82, 2.24) is 10.3 Å². The molecule has 3 rings (SSSR count). The Balaban J connectivity index is 1.86. The second kappa shape index (κ2) is 3.76. The van der Waals surface area contributed by atoms with Crippen molar-refractivity contribution >= 4 is 5.57 Å². The number of rotatable bonds is 3. The van der Waals surface area contributed by atoms with E-state index in [1.807, 2.05) is 12.3 Å². The molecule has 1 aromatic heterocycles. The predicted octanol–water partition coefficient (Wildman–Crippen LogP) is 1.98. The van der Waals surface area contributed by atoms with Gasteiger partial charge in [-0.3, -0.25) is 4.98 Å². The molecule has 0 amide bonds. The second-order valence-corrected chi connectivity index (χ2v) is 4.28. The first kappa shape index (κ1) is 9.60. The topological polar surface area (TPSA) is 34.1 Å². The van der Waals surface area contributed by atoms with Gasteiger partial charge in [0.15, 0.2) is 0 Å². The lowest BCUT2D eigenvalue weighted by molar-refractivity contribution is 0.301. The number of allylic oxidation sites excluding steroid dienone is 1. The van der Waals surface area contributed by atoms with E-state index in [0.29, 0.717) is 6.04 Å². The molecule has 0 spiro atoms. The summed E-state index contributed by atoms with van der Waals surface area (Å²) < 4.78 is 5.23. The molecule has 1 fully saturated rings. The average Bonchev–Trinajstić information content (AvgIpc) is 2.56. The minimum atomic E-state index is 0.582. The lowest BCUT2D eigenvalue weighted by Crippen LogP contribution is -2.49. The van der Waals surface area contributed by atoms with Gasteiger partial charge in [-0.15, -0.1) is 0 Å². The SMILES string of the molecule is C=COc1cncc(C2=CC3NCC3C2)c1. The van der Waals surface area contributed by atoms with Crippen LogP contribution in [0.25, 0.3) is 5.57 Å². The first-order valence-electron chi connectivity index (χ1n) is 5.54. The molecule has 2 heterocycles. The van der Waals surface area contributed by atoms with Crippen LogP contribution in [0.4, 0.5) is 0 Å². The number of aromatic nitrogens is 1. The minimum absolute atomic E-state index is 0.582. The standard InChI is InChI=1S/C13H14N2O/c1-2-16-12-4-10(6-14-8-12)9-3-11-7-15-13(11)5-9/h2,4-6,8,11,13,15H,1,3,7H2. The molecule has 1 aliphatic carbocycles. The van der Waals surface area contributed by atoms with Crippen molar-refractivity contribution in [3.63, 3.8) is 0 Å². The largest absolute Gasteiger partial charge is 0.464 e. The third-order valence-electron chi connectivity index (χ3n) is 3.29. The highest BCUT2D eigenvalue weighted by molar-refractivity contribution is 5.69. The normalized spacial score (nSPS) is 26.6. The van der Waals surface area contributed by atoms with Crippen LogP contribution in [0.2, 0.25) is 0 Å². The van der Waals surface area contributed by atoms with Crippen molar-refractivity contribution in [1.29, 1.82) is 0 Å². The first-order chi connectivity index (χ1) is 7.86. The summed E-state index contributed by atoms with van der Waals surface area (Å²) in [7, 11) is 0. The number of pyridine rings is 1. The number of hydrogen-bond donors (Lipinski definition) is 1. The quantitative estimate of drug-likeness (QED) is 0.781. The van der Waals surface area contributed by atoms with Crippen LogP contribution in [-0.4, -0.2) is 17.6 Å². The number of nitrogens with zero attached hydrogens (tertiary/aromatic N) is 1. The van der Waals surface area contributed by atoms with Gasteiger partial charge in [-0.2, -0.15) is 0 Å². The third-order valence-corrected chi connectivity index (χ3v) is 3.29. The lowest BCUT2D eigenvalue weighted by atomic mass is 9.94. The number of hydrogen-bond acceptors (Lipinski definition) is 3. The zero-order valence-corrected chi connectivity index (χ0v) is 9.02. The van der Waals surface area contributed by atoms with Gasteiger partial charge in [0.25, 0.3) is 0 Å². The monoisotopic (exact) mass is 214 g/mol. The highest BCUT2D eigenvalue weighted by Crippen LogP contribution is 2.36. The Hall–Kier alpha value is -1.61. The Kier molecular flexibility index (Phi) is 2.26. The van der Waals surface area contributed by atoms with Crippen LogP contribution in [0.1, 0.15) is 12.0 Å². The highest BCUT2D eigenvalue weighted by Gasteiger charge is 2.34. The first-order valence-corrected chi connectivity index (χ1v) is 5.54. The van der Waals surface area contributed by atoms with Crippen LogP contribution in [0.15, 0.2) is 37.4 Å². The molecule has 3 nitrogen and oxygen atoms in total. The van der Waals surface area contributed by atoms with E-state index >= 15 is 0 Å². The summed E-state index contributed by atoms with van der Waals surface area (Å²) in [5.74, 6) is 1.54. The number of nitrogens with one attached hydrogen (secondary N) is 1. The van der Waals surface area contributed by atoms with Gasteiger partial charge in [0.1, 0.15) is 5.75 Å². The maximum absolute atomic E-state index is 5.23. The highest BCUT2D eigenvalue weighted by atomic mass is 16.5. The molecule has 1 aliphatic heterocycles. The Labute approximate surface area is 94.8 Å². The van der Waals surface area contributed by atoms with Crippen LogP contribution in [0.3, 0.4) is 0 Å². The van der Waals surface area contributed by atoms with Gasteiger partial charge in [-0.05, 0) is 29.5 Å². The van der Waals surface area contributed by atoms with Gasteiger partial charge in [0.05, 0.1) is 12.5 Å². The fraction of sp³-hybridized carbons (Fsp3) is 0.308. The maximum atomic E-state index is 5.23. The molecule has 1 aromatic rings. The van der Waals surface area contributed by atoms with Crippen LogP contribution < -0.4 is 10.1 Å². The Morgan fingerprint density at radius 2 is 2.44 bits per heavy atom. The van der Waals surface area contributed by atoms with E-state index < -0.39 is 0 Å². The Morgan fingerprint density at radius 3 is 3.06 bits per heavy atom. The van der Waals surface area contributed by atoms with Crippen LogP contribution in [-0.2, 0) is 0 Å². The molecule has 1 saturated heterocycles. The molecule has 0 aromatic carbocycles. The van der Waals surface area contributed by atoms with Crippen molar-refractivity contribution in [3.05, 3.63) is 42.9 Å². The van der Waals surface area contributed by atoms with E-state index in [-0.39, 0.29) is 0 Å². The van der Waals surface area contributed by atoms with Gasteiger partial charge in [0.2, 0.25) is 0 Å². The van der Waals surface area contributed by atoms with E-state index in [1.165, 1.54) is 11.8 Å². The summed E-state index contributed by atoms with van der Waals surface area (Å²) >= 11 is 0. The van der Waals surface area contributed by atoms with Crippen molar-refractivity contribution in [3.8, 4) is 5.75 Å². The van der Waals surface area contributed by atoms with E-state index in [4.69, 9.17) is 4.74 Å². The van der Waals surface area contributed by atoms with Crippen molar-refractivity contribution in [2.75, 3.05) is 6.54 Å². The molecule has 3 heteroatoms. The molecule has 2 aliphatic rings. The molecule has 82 valence electrons. The van der Waals surface area contributed by atoms with E-state index in [2.05, 4.69) is 23.0 Å². The van der Waals surface area contributed by atoms with Gasteiger partial charge < -0.3 is 10.1 Å². The van der Waals surface area contributed by atoms with Gasteiger partial charge in [-0.1, -0.05) is 12.7 Å². The molecule has 0 radical (unpaired) electrons. The fourth-order valence-corrected chi connectivity index (χ4v) is 2.35. The maximum Gasteiger partial charge on any atom is 0.145 e. The van der Waals surface area contributed by atoms with Crippen molar-refractivity contribution in [2.45, 2.75) is 12.5 Å². The van der Waals surface area contributed by atoms with Gasteiger partial charge in [-0.25, -0.2) is 0 Å². The Morgan fingerprint density at radius 1 is 1.50 bits per heavy atom. The third kappa shape index (κ3) is 1.53. The Bertz CT molecular complexity index is 453. The summed E-state index contributed by atoms with van der Waals surface area (Å²) in [6, 6.07) is 2.60. The summed E-state index contributed by atoms with van der Waals surface area (Å²) in [6.07, 6.45) is 8.48. The predicted molar refractivity (Wildman–Crippen MR) is 62.9 cm³/mol. The second-order valence-electron chi connectivity index (χ2n) is 4.28. The number of fused-ring (bicyclic) bond motifs is 1. The summed E-state index contributed by atoms with van der Waals surface area (Å²) in [5.41, 5.74) is 2.54. The fourth-order valence-electron chi connectivity index (χ4n) is 2.35. The molecule has 0 saturated carbocycles. The van der Waals surface area contributed by atoms with Gasteiger partial charge >= 0.3 is 0 Å². The molecule has 0 bridgehead atoms. The number of ether oxygens (including phenoxy) is 1. The van der Waals surface area contributed by atoms with Crippen molar-refractivity contribution < 1.29 is 4.74 Å². The summed E-state index contributed by atoms with van der Waals surface area (Å²) in [5, 5.41) is 3.40. The van der Waals surface area contributed by atoms with E-state index in [0.717, 1.165) is 30.2 Å². The molecule has 2 atom stereocenters. The average molecular weight is 214 g/mol. The lowest BCUT2D eigenvalue weighted by Gasteiger charge is -2.31. The zero-order valence-electron chi connectivity index (χ0n) is 9.02. The summed E-state index contributed by atoms with van der Waals surface area (Å²) in [6.45, 7) is 4.68. The van der Waals surface area contributed by atoms with Crippen LogP contribution in [0, 0.1) is 5.92 Å². The van der Waals surface area contributed by atoms with E-state index in [9.17, 15) is 0 Å². The smallest absolute Gasteiger partial charge is 0.145 e. The van der Waals surface area contributed by atoms with E-state index in [1.54, 1.807) is 6.20 Å².